The number of fused-ring (bicyclic) bond motifs is 3. The molecule has 0 unspecified atom stereocenters. The van der Waals surface area contributed by atoms with Crippen molar-refractivity contribution in [3.05, 3.63) is 47.5 Å². The summed E-state index contributed by atoms with van der Waals surface area (Å²) in [5.74, 6) is 0. The Labute approximate surface area is 110 Å². The van der Waals surface area contributed by atoms with Crippen molar-refractivity contribution < 1.29 is 9.68 Å². The van der Waals surface area contributed by atoms with Gasteiger partial charge in [0.05, 0.1) is 11.0 Å². The molecular formula is C13H11BClNO2. The van der Waals surface area contributed by atoms with Gasteiger partial charge < -0.3 is 14.2 Å². The summed E-state index contributed by atoms with van der Waals surface area (Å²) < 4.78 is 7.13. The van der Waals surface area contributed by atoms with Crippen LogP contribution in [-0.2, 0) is 11.4 Å². The molecule has 0 bridgehead atoms. The lowest BCUT2D eigenvalue weighted by Crippen LogP contribution is -2.04. The van der Waals surface area contributed by atoms with Crippen LogP contribution in [0.15, 0.2) is 42.5 Å². The third kappa shape index (κ3) is 1.79. The van der Waals surface area contributed by atoms with E-state index < -0.39 is 0 Å². The van der Waals surface area contributed by atoms with Crippen LogP contribution in [0.25, 0.3) is 21.8 Å². The summed E-state index contributed by atoms with van der Waals surface area (Å²) in [6, 6.07) is 13.9. The Bertz CT molecular complexity index is 711. The molecule has 0 saturated heterocycles. The van der Waals surface area contributed by atoms with Gasteiger partial charge in [0, 0.05) is 15.8 Å². The predicted octanol–water partition coefficient (Wildman–Crippen LogP) is 2.68. The normalized spacial score (nSPS) is 11.2. The molecule has 0 fully saturated rings. The zero-order valence-corrected chi connectivity index (χ0v) is 10.4. The van der Waals surface area contributed by atoms with Crippen LogP contribution in [0.4, 0.5) is 0 Å². The highest BCUT2D eigenvalue weighted by Crippen LogP contribution is 2.30. The first kappa shape index (κ1) is 11.6. The highest BCUT2D eigenvalue weighted by molar-refractivity contribution is 6.31. The van der Waals surface area contributed by atoms with Crippen LogP contribution in [-0.4, -0.2) is 17.3 Å². The minimum absolute atomic E-state index is 0.290. The lowest BCUT2D eigenvalue weighted by Gasteiger charge is -2.06. The Morgan fingerprint density at radius 2 is 1.89 bits per heavy atom. The van der Waals surface area contributed by atoms with Crippen molar-refractivity contribution in [3.8, 4) is 0 Å². The van der Waals surface area contributed by atoms with Gasteiger partial charge >= 0.3 is 7.69 Å². The summed E-state index contributed by atoms with van der Waals surface area (Å²) in [6.07, 6.45) is 0. The average molecular weight is 260 g/mol. The summed E-state index contributed by atoms with van der Waals surface area (Å²) in [4.78, 5) is 0. The third-order valence-electron chi connectivity index (χ3n) is 3.05. The number of para-hydroxylation sites is 1. The molecule has 0 aliphatic heterocycles. The zero-order chi connectivity index (χ0) is 12.5. The van der Waals surface area contributed by atoms with Crippen LogP contribution < -0.4 is 0 Å². The van der Waals surface area contributed by atoms with Gasteiger partial charge in [0.15, 0.2) is 0 Å². The summed E-state index contributed by atoms with van der Waals surface area (Å²) >= 11 is 6.05. The van der Waals surface area contributed by atoms with E-state index in [-0.39, 0.29) is 7.69 Å². The van der Waals surface area contributed by atoms with Crippen LogP contribution in [0.3, 0.4) is 0 Å². The van der Waals surface area contributed by atoms with Gasteiger partial charge in [-0.25, -0.2) is 0 Å². The van der Waals surface area contributed by atoms with Gasteiger partial charge in [-0.1, -0.05) is 29.8 Å². The molecule has 0 aliphatic carbocycles. The summed E-state index contributed by atoms with van der Waals surface area (Å²) in [5, 5.41) is 11.7. The van der Waals surface area contributed by atoms with Crippen LogP contribution in [0.2, 0.25) is 5.02 Å². The van der Waals surface area contributed by atoms with Crippen LogP contribution in [0.5, 0.6) is 0 Å². The standard InChI is InChI=1S/C13H11BClNO2/c15-9-5-6-13-11(7-9)10-3-1-2-4-12(10)16(13)8-18-14-17/h1-7,14,17H,8H2. The maximum Gasteiger partial charge on any atom is 0.436 e. The number of rotatable bonds is 3. The molecular weight excluding hydrogens is 248 g/mol. The Morgan fingerprint density at radius 3 is 2.72 bits per heavy atom. The van der Waals surface area contributed by atoms with E-state index in [4.69, 9.17) is 21.3 Å². The highest BCUT2D eigenvalue weighted by atomic mass is 35.5. The second-order valence-electron chi connectivity index (χ2n) is 4.07. The van der Waals surface area contributed by atoms with Crippen molar-refractivity contribution in [2.75, 3.05) is 0 Å². The van der Waals surface area contributed by atoms with Gasteiger partial charge in [-0.15, -0.1) is 0 Å². The Morgan fingerprint density at radius 1 is 1.11 bits per heavy atom. The first-order valence-electron chi connectivity index (χ1n) is 5.66. The average Bonchev–Trinajstić information content (AvgIpc) is 2.70. The van der Waals surface area contributed by atoms with E-state index in [2.05, 4.69) is 6.07 Å². The molecule has 0 radical (unpaired) electrons. The SMILES string of the molecule is OBOCn1c2ccccc2c2cc(Cl)ccc21. The van der Waals surface area contributed by atoms with Gasteiger partial charge in [0.1, 0.15) is 6.73 Å². The lowest BCUT2D eigenvalue weighted by molar-refractivity contribution is 0.222. The molecule has 3 aromatic rings. The maximum absolute atomic E-state index is 8.80. The van der Waals surface area contributed by atoms with Crippen LogP contribution in [0.1, 0.15) is 0 Å². The molecule has 90 valence electrons. The molecule has 2 aromatic carbocycles. The highest BCUT2D eigenvalue weighted by Gasteiger charge is 2.10. The number of aromatic nitrogens is 1. The number of halogens is 1. The van der Waals surface area contributed by atoms with Gasteiger partial charge in [-0.3, -0.25) is 0 Å². The van der Waals surface area contributed by atoms with Crippen molar-refractivity contribution in [1.29, 1.82) is 0 Å². The molecule has 5 heteroatoms. The number of benzene rings is 2. The summed E-state index contributed by atoms with van der Waals surface area (Å²) in [7, 11) is -0.290. The van der Waals surface area contributed by atoms with Gasteiger partial charge in [-0.05, 0) is 24.3 Å². The van der Waals surface area contributed by atoms with E-state index in [1.54, 1.807) is 0 Å². The molecule has 0 atom stereocenters. The van der Waals surface area contributed by atoms with E-state index in [0.29, 0.717) is 11.8 Å². The predicted molar refractivity (Wildman–Crippen MR) is 74.9 cm³/mol. The van der Waals surface area contributed by atoms with E-state index >= 15 is 0 Å². The second-order valence-corrected chi connectivity index (χ2v) is 4.51. The second kappa shape index (κ2) is 4.65. The molecule has 0 aliphatic rings. The summed E-state index contributed by atoms with van der Waals surface area (Å²) in [5.41, 5.74) is 2.12. The molecule has 0 amide bonds. The monoisotopic (exact) mass is 259 g/mol. The van der Waals surface area contributed by atoms with Gasteiger partial charge in [0.25, 0.3) is 0 Å². The number of hydrogen-bond acceptors (Lipinski definition) is 2. The Hall–Kier alpha value is -1.49. The van der Waals surface area contributed by atoms with E-state index in [1.807, 2.05) is 41.0 Å². The molecule has 3 rings (SSSR count). The molecule has 1 N–H and O–H groups in total. The van der Waals surface area contributed by atoms with Gasteiger partial charge in [-0.2, -0.15) is 0 Å². The lowest BCUT2D eigenvalue weighted by atomic mass is 10.2. The van der Waals surface area contributed by atoms with Crippen LogP contribution >= 0.6 is 11.6 Å². The van der Waals surface area contributed by atoms with E-state index in [9.17, 15) is 0 Å². The van der Waals surface area contributed by atoms with E-state index in [0.717, 1.165) is 21.8 Å². The van der Waals surface area contributed by atoms with E-state index in [1.165, 1.54) is 0 Å². The Kier molecular flexibility index (Phi) is 3.00. The smallest absolute Gasteiger partial charge is 0.430 e. The fourth-order valence-corrected chi connectivity index (χ4v) is 2.47. The fourth-order valence-electron chi connectivity index (χ4n) is 2.30. The first-order valence-corrected chi connectivity index (χ1v) is 6.04. The fraction of sp³-hybridized carbons (Fsp3) is 0.0769. The largest absolute Gasteiger partial charge is 0.436 e. The van der Waals surface area contributed by atoms with Crippen LogP contribution in [0, 0.1) is 0 Å². The minimum atomic E-state index is -0.290. The molecule has 18 heavy (non-hydrogen) atoms. The van der Waals surface area contributed by atoms with Crippen molar-refractivity contribution in [2.45, 2.75) is 6.73 Å². The molecule has 0 saturated carbocycles. The van der Waals surface area contributed by atoms with Gasteiger partial charge in [0.2, 0.25) is 0 Å². The number of hydrogen-bond donors (Lipinski definition) is 1. The maximum atomic E-state index is 8.80. The topological polar surface area (TPSA) is 34.4 Å². The minimum Gasteiger partial charge on any atom is -0.430 e. The molecule has 3 nitrogen and oxygen atoms in total. The molecule has 1 aromatic heterocycles. The molecule has 0 spiro atoms. The van der Waals surface area contributed by atoms with Crippen molar-refractivity contribution in [3.63, 3.8) is 0 Å². The summed E-state index contributed by atoms with van der Waals surface area (Å²) in [6.45, 7) is 0.322. The zero-order valence-electron chi connectivity index (χ0n) is 9.64. The third-order valence-corrected chi connectivity index (χ3v) is 3.28. The molecule has 1 heterocycles. The van der Waals surface area contributed by atoms with Crippen molar-refractivity contribution in [1.82, 2.24) is 4.57 Å². The van der Waals surface area contributed by atoms with Crippen molar-refractivity contribution in [2.24, 2.45) is 0 Å². The first-order chi connectivity index (χ1) is 8.81. The Balaban J connectivity index is 2.34. The van der Waals surface area contributed by atoms with Crippen molar-refractivity contribution >= 4 is 41.1 Å². The number of nitrogens with zero attached hydrogens (tertiary/aromatic N) is 1. The quantitative estimate of drug-likeness (QED) is 0.734.